The van der Waals surface area contributed by atoms with E-state index in [9.17, 15) is 4.79 Å². The summed E-state index contributed by atoms with van der Waals surface area (Å²) in [6, 6.07) is 11.8. The fraction of sp³-hybridized carbons (Fsp3) is 0.316. The Labute approximate surface area is 156 Å². The van der Waals surface area contributed by atoms with Crippen LogP contribution in [0.2, 0.25) is 0 Å². The molecule has 24 heavy (non-hydrogen) atoms. The minimum Gasteiger partial charge on any atom is -0.488 e. The maximum atomic E-state index is 11.4. The first-order chi connectivity index (χ1) is 11.6. The highest BCUT2D eigenvalue weighted by atomic mass is 127. The second-order valence-corrected chi connectivity index (χ2v) is 6.37. The maximum absolute atomic E-state index is 11.4. The molecule has 0 aliphatic rings. The Balaban J connectivity index is 2.21. The summed E-state index contributed by atoms with van der Waals surface area (Å²) >= 11 is 2.20. The third-order valence-corrected chi connectivity index (χ3v) is 4.73. The molecule has 4 nitrogen and oxygen atoms in total. The number of carbonyl (C=O) groups excluding carboxylic acids is 1. The van der Waals surface area contributed by atoms with Crippen LogP contribution < -0.4 is 9.47 Å². The van der Waals surface area contributed by atoms with Crippen molar-refractivity contribution in [1.82, 2.24) is 0 Å². The second-order valence-electron chi connectivity index (χ2n) is 5.21. The van der Waals surface area contributed by atoms with Crippen molar-refractivity contribution in [3.8, 4) is 11.5 Å². The van der Waals surface area contributed by atoms with Crippen molar-refractivity contribution in [1.29, 1.82) is 0 Å². The first kappa shape index (κ1) is 18.6. The van der Waals surface area contributed by atoms with E-state index < -0.39 is 6.16 Å². The Morgan fingerprint density at radius 1 is 1.08 bits per heavy atom. The highest BCUT2D eigenvalue weighted by Gasteiger charge is 2.14. The van der Waals surface area contributed by atoms with Crippen LogP contribution in [0.25, 0.3) is 0 Å². The number of methoxy groups -OCH3 is 1. The highest BCUT2D eigenvalue weighted by molar-refractivity contribution is 14.1. The van der Waals surface area contributed by atoms with Gasteiger partial charge in [0.25, 0.3) is 0 Å². The first-order valence-corrected chi connectivity index (χ1v) is 8.94. The molecule has 2 aromatic rings. The summed E-state index contributed by atoms with van der Waals surface area (Å²) in [5.41, 5.74) is 3.30. The summed E-state index contributed by atoms with van der Waals surface area (Å²) in [5, 5.41) is 0. The zero-order valence-corrected chi connectivity index (χ0v) is 16.3. The molecule has 0 amide bonds. The number of ether oxygens (including phenoxy) is 3. The molecule has 0 heterocycles. The monoisotopic (exact) mass is 440 g/mol. The number of halogens is 1. The summed E-state index contributed by atoms with van der Waals surface area (Å²) < 4.78 is 16.8. The van der Waals surface area contributed by atoms with Gasteiger partial charge in [0, 0.05) is 9.13 Å². The van der Waals surface area contributed by atoms with Gasteiger partial charge in [-0.05, 0) is 64.8 Å². The molecule has 0 unspecified atom stereocenters. The molecule has 0 aliphatic heterocycles. The van der Waals surface area contributed by atoms with Gasteiger partial charge in [-0.3, -0.25) is 0 Å². The second kappa shape index (κ2) is 8.92. The Bertz CT molecular complexity index is 713. The molecule has 0 aromatic heterocycles. The normalized spacial score (nSPS) is 10.3. The number of hydrogen-bond acceptors (Lipinski definition) is 4. The zero-order chi connectivity index (χ0) is 17.5. The summed E-state index contributed by atoms with van der Waals surface area (Å²) in [4.78, 5) is 11.4. The predicted molar refractivity (Wildman–Crippen MR) is 102 cm³/mol. The highest BCUT2D eigenvalue weighted by Crippen LogP contribution is 2.28. The van der Waals surface area contributed by atoms with Crippen molar-refractivity contribution < 1.29 is 19.0 Å². The van der Waals surface area contributed by atoms with Crippen molar-refractivity contribution in [2.75, 3.05) is 7.11 Å². The summed E-state index contributed by atoms with van der Waals surface area (Å²) in [6.07, 6.45) is 1.17. The molecule has 0 radical (unpaired) electrons. The van der Waals surface area contributed by atoms with E-state index in [4.69, 9.17) is 9.47 Å². The van der Waals surface area contributed by atoms with Crippen LogP contribution in [0.5, 0.6) is 11.5 Å². The van der Waals surface area contributed by atoms with Crippen LogP contribution in [-0.4, -0.2) is 13.3 Å². The minimum absolute atomic E-state index is 0.323. The van der Waals surface area contributed by atoms with Crippen LogP contribution in [0.1, 0.15) is 30.5 Å². The Morgan fingerprint density at radius 3 is 2.54 bits per heavy atom. The lowest BCUT2D eigenvalue weighted by Crippen LogP contribution is -2.11. The zero-order valence-electron chi connectivity index (χ0n) is 14.1. The van der Waals surface area contributed by atoms with Gasteiger partial charge in [0.05, 0.1) is 7.11 Å². The Morgan fingerprint density at radius 2 is 1.88 bits per heavy atom. The molecular weight excluding hydrogens is 419 g/mol. The van der Waals surface area contributed by atoms with Crippen LogP contribution in [0.4, 0.5) is 4.79 Å². The van der Waals surface area contributed by atoms with Gasteiger partial charge in [-0.2, -0.15) is 0 Å². The molecule has 128 valence electrons. The van der Waals surface area contributed by atoms with Gasteiger partial charge in [0.15, 0.2) is 0 Å². The number of benzene rings is 2. The quantitative estimate of drug-likeness (QED) is 0.355. The Hall–Kier alpha value is -1.76. The van der Waals surface area contributed by atoms with Crippen molar-refractivity contribution >= 4 is 28.7 Å². The third kappa shape index (κ3) is 4.63. The molecule has 0 N–H and O–H groups in total. The lowest BCUT2D eigenvalue weighted by molar-refractivity contribution is 0.120. The predicted octanol–water partition coefficient (Wildman–Crippen LogP) is 5.14. The maximum Gasteiger partial charge on any atom is 0.513 e. The van der Waals surface area contributed by atoms with Crippen LogP contribution >= 0.6 is 22.6 Å². The van der Waals surface area contributed by atoms with Crippen molar-refractivity contribution in [2.45, 2.75) is 33.3 Å². The van der Waals surface area contributed by atoms with Gasteiger partial charge >= 0.3 is 6.16 Å². The topological polar surface area (TPSA) is 44.8 Å². The molecule has 0 aliphatic carbocycles. The Kier molecular flexibility index (Phi) is 6.90. The van der Waals surface area contributed by atoms with Crippen molar-refractivity contribution in [3.05, 3.63) is 56.7 Å². The largest absolute Gasteiger partial charge is 0.513 e. The van der Waals surface area contributed by atoms with Crippen LogP contribution in [0, 0.1) is 3.57 Å². The van der Waals surface area contributed by atoms with E-state index in [1.165, 1.54) is 18.2 Å². The van der Waals surface area contributed by atoms with E-state index in [-0.39, 0.29) is 0 Å². The molecule has 0 fully saturated rings. The first-order valence-electron chi connectivity index (χ1n) is 7.86. The van der Waals surface area contributed by atoms with E-state index in [0.717, 1.165) is 27.7 Å². The molecule has 2 aromatic carbocycles. The standard InChI is InChI=1S/C19H21IO4/c1-4-13-9-10-17(14(5-2)11-13)23-12-15-16(20)7-6-8-18(15)24-19(21)22-3/h6-11H,4-5,12H2,1-3H3. The number of aryl methyl sites for hydroxylation is 2. The lowest BCUT2D eigenvalue weighted by Gasteiger charge is -2.15. The number of carbonyl (C=O) groups is 1. The molecule has 0 spiro atoms. The van der Waals surface area contributed by atoms with Gasteiger partial charge in [0.1, 0.15) is 18.1 Å². The van der Waals surface area contributed by atoms with Gasteiger partial charge in [0.2, 0.25) is 0 Å². The van der Waals surface area contributed by atoms with E-state index in [2.05, 4.69) is 53.3 Å². The van der Waals surface area contributed by atoms with E-state index in [0.29, 0.717) is 12.4 Å². The fourth-order valence-electron chi connectivity index (χ4n) is 2.33. The van der Waals surface area contributed by atoms with Crippen LogP contribution in [-0.2, 0) is 24.2 Å². The minimum atomic E-state index is -0.736. The lowest BCUT2D eigenvalue weighted by atomic mass is 10.1. The van der Waals surface area contributed by atoms with Crippen LogP contribution in [0.15, 0.2) is 36.4 Å². The number of hydrogen-bond donors (Lipinski definition) is 0. The number of rotatable bonds is 6. The van der Waals surface area contributed by atoms with Gasteiger partial charge < -0.3 is 14.2 Å². The SMILES string of the molecule is CCc1ccc(OCc2c(I)cccc2OC(=O)OC)c(CC)c1. The third-order valence-electron chi connectivity index (χ3n) is 3.72. The summed E-state index contributed by atoms with van der Waals surface area (Å²) in [5.74, 6) is 1.32. The molecule has 0 atom stereocenters. The molecule has 0 saturated heterocycles. The fourth-order valence-corrected chi connectivity index (χ4v) is 2.95. The molecule has 0 bridgehead atoms. The summed E-state index contributed by atoms with van der Waals surface area (Å²) in [6.45, 7) is 4.57. The van der Waals surface area contributed by atoms with E-state index in [1.54, 1.807) is 6.07 Å². The molecule has 5 heteroatoms. The average molecular weight is 440 g/mol. The van der Waals surface area contributed by atoms with E-state index in [1.807, 2.05) is 18.2 Å². The van der Waals surface area contributed by atoms with Gasteiger partial charge in [-0.15, -0.1) is 0 Å². The molecule has 0 saturated carbocycles. The van der Waals surface area contributed by atoms with E-state index >= 15 is 0 Å². The van der Waals surface area contributed by atoms with Crippen molar-refractivity contribution in [2.24, 2.45) is 0 Å². The average Bonchev–Trinajstić information content (AvgIpc) is 2.61. The molecule has 2 rings (SSSR count). The molecular formula is C19H21IO4. The van der Waals surface area contributed by atoms with Gasteiger partial charge in [-0.1, -0.05) is 32.0 Å². The van der Waals surface area contributed by atoms with Crippen LogP contribution in [0.3, 0.4) is 0 Å². The van der Waals surface area contributed by atoms with Crippen molar-refractivity contribution in [3.63, 3.8) is 0 Å². The van der Waals surface area contributed by atoms with Gasteiger partial charge in [-0.25, -0.2) is 4.79 Å². The summed E-state index contributed by atoms with van der Waals surface area (Å²) in [7, 11) is 1.29. The smallest absolute Gasteiger partial charge is 0.488 e.